The van der Waals surface area contributed by atoms with Crippen molar-refractivity contribution >= 4 is 46.4 Å². The number of hydrogen-bond acceptors (Lipinski definition) is 0. The highest BCUT2D eigenvalue weighted by atomic mass is 35.5. The predicted octanol–water partition coefficient (Wildman–Crippen LogP) is 6.52. The van der Waals surface area contributed by atoms with Gasteiger partial charge in [0.2, 0.25) is 11.4 Å². The summed E-state index contributed by atoms with van der Waals surface area (Å²) in [5.41, 5.74) is 4.02. The van der Waals surface area contributed by atoms with E-state index >= 15 is 0 Å². The van der Waals surface area contributed by atoms with E-state index in [4.69, 9.17) is 46.4 Å². The van der Waals surface area contributed by atoms with E-state index in [2.05, 4.69) is 0 Å². The zero-order valence-electron chi connectivity index (χ0n) is 14.5. The second kappa shape index (κ2) is 8.10. The molecule has 0 aliphatic heterocycles. The predicted molar refractivity (Wildman–Crippen MR) is 115 cm³/mol. The Kier molecular flexibility index (Phi) is 5.56. The molecule has 0 aliphatic rings. The van der Waals surface area contributed by atoms with Crippen LogP contribution in [-0.2, 0) is 0 Å². The molecule has 2 aromatic carbocycles. The lowest BCUT2D eigenvalue weighted by atomic mass is 10.1. The zero-order valence-corrected chi connectivity index (χ0v) is 17.5. The van der Waals surface area contributed by atoms with Gasteiger partial charge in [-0.15, -0.1) is 0 Å². The van der Waals surface area contributed by atoms with E-state index in [1.807, 2.05) is 82.5 Å². The van der Waals surface area contributed by atoms with E-state index in [0.717, 1.165) is 22.5 Å². The summed E-state index contributed by atoms with van der Waals surface area (Å²) in [5, 5.41) is 2.42. The van der Waals surface area contributed by atoms with Crippen LogP contribution in [0.4, 0.5) is 0 Å². The van der Waals surface area contributed by atoms with Crippen molar-refractivity contribution in [3.8, 4) is 22.5 Å². The number of benzene rings is 2. The first kappa shape index (κ1) is 19.2. The van der Waals surface area contributed by atoms with Crippen LogP contribution in [-0.4, -0.2) is 0 Å². The van der Waals surface area contributed by atoms with Gasteiger partial charge < -0.3 is 0 Å². The van der Waals surface area contributed by atoms with Crippen molar-refractivity contribution in [1.29, 1.82) is 0 Å². The Labute approximate surface area is 183 Å². The summed E-state index contributed by atoms with van der Waals surface area (Å²) in [6, 6.07) is 19.1. The minimum atomic E-state index is 0.604. The molecule has 0 amide bonds. The Balaban J connectivity index is 1.61. The van der Waals surface area contributed by atoms with E-state index in [-0.39, 0.29) is 0 Å². The maximum Gasteiger partial charge on any atom is 0.213 e. The minimum Gasteiger partial charge on any atom is -0.167 e. The van der Waals surface area contributed by atoms with E-state index < -0.39 is 0 Å². The van der Waals surface area contributed by atoms with Gasteiger partial charge in [0.1, 0.15) is 0 Å². The van der Waals surface area contributed by atoms with Crippen molar-refractivity contribution in [2.24, 2.45) is 0 Å². The van der Waals surface area contributed by atoms with E-state index in [1.165, 1.54) is 0 Å². The second-order valence-corrected chi connectivity index (χ2v) is 7.99. The van der Waals surface area contributed by atoms with Gasteiger partial charge in [-0.2, -0.15) is 9.13 Å². The Morgan fingerprint density at radius 2 is 0.714 bits per heavy atom. The van der Waals surface area contributed by atoms with Crippen molar-refractivity contribution in [3.05, 3.63) is 106 Å². The summed E-state index contributed by atoms with van der Waals surface area (Å²) < 4.78 is 3.94. The van der Waals surface area contributed by atoms with Crippen LogP contribution in [0.25, 0.3) is 22.5 Å². The van der Waals surface area contributed by atoms with Crippen LogP contribution in [0.15, 0.2) is 85.5 Å². The van der Waals surface area contributed by atoms with Crippen LogP contribution in [0.3, 0.4) is 0 Å². The van der Waals surface area contributed by atoms with Crippen molar-refractivity contribution in [1.82, 2.24) is 0 Å². The fourth-order valence-corrected chi connectivity index (χ4v) is 3.99. The van der Waals surface area contributed by atoms with Gasteiger partial charge in [0.05, 0.1) is 0 Å². The standard InChI is InChI=1S/C22H14Cl4N2/c23-17-9-18(24)12-21(11-17)27-5-1-15(2-6-27)16-3-7-28(8-4-16)22-13-19(25)10-20(26)14-22/h1-14H/q+2. The van der Waals surface area contributed by atoms with Crippen LogP contribution < -0.4 is 9.13 Å². The molecule has 0 saturated carbocycles. The van der Waals surface area contributed by atoms with Gasteiger partial charge >= 0.3 is 0 Å². The third-order valence-electron chi connectivity index (χ3n) is 4.28. The average molecular weight is 448 g/mol. The van der Waals surface area contributed by atoms with Crippen LogP contribution in [0.1, 0.15) is 0 Å². The smallest absolute Gasteiger partial charge is 0.167 e. The van der Waals surface area contributed by atoms with E-state index in [1.54, 1.807) is 12.1 Å². The lowest BCUT2D eigenvalue weighted by molar-refractivity contribution is -0.596. The normalized spacial score (nSPS) is 10.9. The molecule has 0 atom stereocenters. The molecular weight excluding hydrogens is 434 g/mol. The summed E-state index contributed by atoms with van der Waals surface area (Å²) in [4.78, 5) is 0. The highest BCUT2D eigenvalue weighted by molar-refractivity contribution is 6.35. The molecule has 0 saturated heterocycles. The fourth-order valence-electron chi connectivity index (χ4n) is 2.96. The van der Waals surface area contributed by atoms with Crippen LogP contribution in [0.2, 0.25) is 20.1 Å². The van der Waals surface area contributed by atoms with Crippen molar-refractivity contribution in [2.45, 2.75) is 0 Å². The monoisotopic (exact) mass is 446 g/mol. The molecule has 0 N–H and O–H groups in total. The third kappa shape index (κ3) is 4.31. The first-order chi connectivity index (χ1) is 13.5. The minimum absolute atomic E-state index is 0.604. The molecule has 0 unspecified atom stereocenters. The summed E-state index contributed by atoms with van der Waals surface area (Å²) in [6.45, 7) is 0. The zero-order chi connectivity index (χ0) is 19.7. The maximum atomic E-state index is 6.10. The highest BCUT2D eigenvalue weighted by Crippen LogP contribution is 2.22. The lowest BCUT2D eigenvalue weighted by Gasteiger charge is -2.02. The summed E-state index contributed by atoms with van der Waals surface area (Å²) in [5.74, 6) is 0. The number of aromatic nitrogens is 2. The number of rotatable bonds is 3. The molecular formula is C22H14Cl4N2+2. The summed E-state index contributed by atoms with van der Waals surface area (Å²) in [7, 11) is 0. The van der Waals surface area contributed by atoms with Gasteiger partial charge in [-0.25, -0.2) is 0 Å². The van der Waals surface area contributed by atoms with Crippen molar-refractivity contribution < 1.29 is 9.13 Å². The van der Waals surface area contributed by atoms with Gasteiger partial charge in [0.15, 0.2) is 24.8 Å². The molecule has 0 aliphatic carbocycles. The molecule has 0 bridgehead atoms. The molecule has 28 heavy (non-hydrogen) atoms. The molecule has 138 valence electrons. The third-order valence-corrected chi connectivity index (χ3v) is 5.16. The highest BCUT2D eigenvalue weighted by Gasteiger charge is 2.12. The van der Waals surface area contributed by atoms with Crippen LogP contribution in [0, 0.1) is 0 Å². The van der Waals surface area contributed by atoms with Crippen molar-refractivity contribution in [3.63, 3.8) is 0 Å². The first-order valence-corrected chi connectivity index (χ1v) is 9.95. The molecule has 2 nitrogen and oxygen atoms in total. The SMILES string of the molecule is Clc1cc(Cl)cc(-[n+]2ccc(-c3cc[n+](-c4cc(Cl)cc(Cl)c4)cc3)cc2)c1. The van der Waals surface area contributed by atoms with E-state index in [0.29, 0.717) is 20.1 Å². The van der Waals surface area contributed by atoms with Gasteiger partial charge in [0, 0.05) is 68.6 Å². The molecule has 6 heteroatoms. The topological polar surface area (TPSA) is 7.76 Å². The van der Waals surface area contributed by atoms with E-state index in [9.17, 15) is 0 Å². The van der Waals surface area contributed by atoms with Gasteiger partial charge in [-0.1, -0.05) is 46.4 Å². The number of hydrogen-bond donors (Lipinski definition) is 0. The second-order valence-electron chi connectivity index (χ2n) is 6.24. The largest absolute Gasteiger partial charge is 0.213 e. The molecule has 0 spiro atoms. The number of pyridine rings is 2. The Morgan fingerprint density at radius 1 is 0.429 bits per heavy atom. The van der Waals surface area contributed by atoms with Crippen molar-refractivity contribution in [2.75, 3.05) is 0 Å². The Hall–Kier alpha value is -2.10. The molecule has 4 rings (SSSR count). The Morgan fingerprint density at radius 3 is 1.00 bits per heavy atom. The number of nitrogens with zero attached hydrogens (tertiary/aromatic N) is 2. The van der Waals surface area contributed by atoms with Crippen LogP contribution in [0.5, 0.6) is 0 Å². The van der Waals surface area contributed by atoms with Gasteiger partial charge in [-0.3, -0.25) is 0 Å². The Bertz CT molecular complexity index is 1010. The maximum absolute atomic E-state index is 6.10. The first-order valence-electron chi connectivity index (χ1n) is 8.44. The van der Waals surface area contributed by atoms with Crippen LogP contribution >= 0.6 is 46.4 Å². The average Bonchev–Trinajstić information content (AvgIpc) is 2.67. The summed E-state index contributed by atoms with van der Waals surface area (Å²) >= 11 is 24.4. The molecule has 0 fully saturated rings. The quantitative estimate of drug-likeness (QED) is 0.316. The molecule has 0 radical (unpaired) electrons. The number of halogens is 4. The molecule has 2 heterocycles. The van der Waals surface area contributed by atoms with Gasteiger partial charge in [-0.05, 0) is 23.3 Å². The molecule has 2 aromatic heterocycles. The fraction of sp³-hybridized carbons (Fsp3) is 0. The molecule has 4 aromatic rings. The van der Waals surface area contributed by atoms with Gasteiger partial charge in [0.25, 0.3) is 0 Å². The lowest BCUT2D eigenvalue weighted by Crippen LogP contribution is -2.29. The summed E-state index contributed by atoms with van der Waals surface area (Å²) in [6.07, 6.45) is 7.93.